The highest BCUT2D eigenvalue weighted by Crippen LogP contribution is 2.37. The molecule has 0 saturated carbocycles. The predicted molar refractivity (Wildman–Crippen MR) is 85.2 cm³/mol. The van der Waals surface area contributed by atoms with E-state index in [0.717, 1.165) is 12.5 Å². The molecule has 1 unspecified atom stereocenters. The molecule has 0 bridgehead atoms. The summed E-state index contributed by atoms with van der Waals surface area (Å²) in [6, 6.07) is 1.11. The predicted octanol–water partition coefficient (Wildman–Crippen LogP) is 3.49. The van der Waals surface area contributed by atoms with Gasteiger partial charge in [-0.2, -0.15) is 4.31 Å². The molecule has 0 aliphatic carbocycles. The maximum atomic E-state index is 14.2. The third-order valence-electron chi connectivity index (χ3n) is 3.90. The lowest BCUT2D eigenvalue weighted by atomic mass is 9.96. The molecule has 1 aromatic rings. The van der Waals surface area contributed by atoms with Crippen LogP contribution >= 0.6 is 27.5 Å². The van der Waals surface area contributed by atoms with Crippen LogP contribution in [0, 0.1) is 17.7 Å². The van der Waals surface area contributed by atoms with Gasteiger partial charge in [-0.3, -0.25) is 0 Å². The summed E-state index contributed by atoms with van der Waals surface area (Å²) in [7, 11) is -3.92. The van der Waals surface area contributed by atoms with Crippen molar-refractivity contribution in [1.29, 1.82) is 0 Å². The fraction of sp³-hybridized carbons (Fsp3) is 0.538. The average molecular weight is 400 g/mol. The Morgan fingerprint density at radius 1 is 1.52 bits per heavy atom. The Labute approximate surface area is 137 Å². The monoisotopic (exact) mass is 398 g/mol. The van der Waals surface area contributed by atoms with Crippen LogP contribution in [0.5, 0.6) is 0 Å². The Kier molecular flexibility index (Phi) is 4.87. The number of rotatable bonds is 3. The van der Waals surface area contributed by atoms with Crippen molar-refractivity contribution in [2.75, 3.05) is 18.8 Å². The van der Waals surface area contributed by atoms with Crippen LogP contribution in [-0.4, -0.2) is 25.8 Å². The van der Waals surface area contributed by atoms with Crippen molar-refractivity contribution in [2.24, 2.45) is 11.8 Å². The van der Waals surface area contributed by atoms with Crippen LogP contribution in [0.25, 0.3) is 0 Å². The zero-order valence-corrected chi connectivity index (χ0v) is 14.9. The second kappa shape index (κ2) is 6.02. The molecule has 1 aliphatic heterocycles. The van der Waals surface area contributed by atoms with E-state index in [-0.39, 0.29) is 21.1 Å². The van der Waals surface area contributed by atoms with E-state index in [0.29, 0.717) is 19.0 Å². The highest BCUT2D eigenvalue weighted by Gasteiger charge is 2.36. The number of nitrogens with two attached hydrogens (primary N) is 1. The Hall–Kier alpha value is -0.370. The van der Waals surface area contributed by atoms with E-state index in [4.69, 9.17) is 17.3 Å². The first-order valence-electron chi connectivity index (χ1n) is 6.59. The molecule has 8 heteroatoms. The molecule has 1 heterocycles. The number of benzene rings is 1. The van der Waals surface area contributed by atoms with Gasteiger partial charge in [0.15, 0.2) is 5.82 Å². The van der Waals surface area contributed by atoms with Crippen LogP contribution in [0.3, 0.4) is 0 Å². The lowest BCUT2D eigenvalue weighted by molar-refractivity contribution is 0.387. The molecule has 2 N–H and O–H groups in total. The third-order valence-corrected chi connectivity index (χ3v) is 7.15. The van der Waals surface area contributed by atoms with Crippen molar-refractivity contribution in [3.8, 4) is 0 Å². The standard InChI is InChI=1S/C13H17BrClFN2O2S/c1-7(2)8-3-4-18(6-8)21(19,20)10-5-9(15)11(14)13(17)12(10)16/h5,7-8H,3-4,6,17H2,1-2H3. The fourth-order valence-corrected chi connectivity index (χ4v) is 4.62. The molecule has 2 rings (SSSR count). The van der Waals surface area contributed by atoms with Crippen molar-refractivity contribution in [2.45, 2.75) is 25.2 Å². The lowest BCUT2D eigenvalue weighted by Gasteiger charge is -2.19. The zero-order valence-electron chi connectivity index (χ0n) is 11.7. The van der Waals surface area contributed by atoms with Crippen LogP contribution in [0.15, 0.2) is 15.4 Å². The van der Waals surface area contributed by atoms with Gasteiger partial charge in [0.05, 0.1) is 15.2 Å². The third kappa shape index (κ3) is 3.06. The first-order valence-corrected chi connectivity index (χ1v) is 9.20. The molecule has 1 aliphatic rings. The van der Waals surface area contributed by atoms with Crippen LogP contribution < -0.4 is 5.73 Å². The quantitative estimate of drug-likeness (QED) is 0.625. The minimum absolute atomic E-state index is 0.0760. The summed E-state index contributed by atoms with van der Waals surface area (Å²) in [6.07, 6.45) is 0.776. The summed E-state index contributed by atoms with van der Waals surface area (Å²) in [6.45, 7) is 4.89. The van der Waals surface area contributed by atoms with Gasteiger partial charge in [0.2, 0.25) is 10.0 Å². The first kappa shape index (κ1) is 17.0. The number of anilines is 1. The molecular weight excluding hydrogens is 383 g/mol. The number of sulfonamides is 1. The molecule has 0 radical (unpaired) electrons. The summed E-state index contributed by atoms with van der Waals surface area (Å²) < 4.78 is 40.9. The van der Waals surface area contributed by atoms with E-state index >= 15 is 0 Å². The number of nitrogen functional groups attached to an aromatic ring is 1. The van der Waals surface area contributed by atoms with Crippen molar-refractivity contribution in [3.05, 3.63) is 21.4 Å². The zero-order chi connectivity index (χ0) is 15.9. The van der Waals surface area contributed by atoms with Gasteiger partial charge < -0.3 is 5.73 Å². The van der Waals surface area contributed by atoms with Crippen LogP contribution in [-0.2, 0) is 10.0 Å². The normalized spacial score (nSPS) is 20.4. The maximum Gasteiger partial charge on any atom is 0.246 e. The molecule has 0 aromatic heterocycles. The molecule has 1 saturated heterocycles. The molecule has 118 valence electrons. The van der Waals surface area contributed by atoms with Gasteiger partial charge in [-0.25, -0.2) is 12.8 Å². The summed E-state index contributed by atoms with van der Waals surface area (Å²) in [5, 5.41) is 0.0760. The van der Waals surface area contributed by atoms with Crippen molar-refractivity contribution < 1.29 is 12.8 Å². The van der Waals surface area contributed by atoms with E-state index < -0.39 is 20.7 Å². The molecule has 4 nitrogen and oxygen atoms in total. The average Bonchev–Trinajstić information content (AvgIpc) is 2.91. The summed E-state index contributed by atoms with van der Waals surface area (Å²) in [5.41, 5.74) is 5.27. The number of nitrogens with zero attached hydrogens (tertiary/aromatic N) is 1. The van der Waals surface area contributed by atoms with Gasteiger partial charge in [0, 0.05) is 13.1 Å². The Bertz CT molecular complexity index is 667. The molecule has 1 fully saturated rings. The largest absolute Gasteiger partial charge is 0.395 e. The lowest BCUT2D eigenvalue weighted by Crippen LogP contribution is -2.30. The second-order valence-electron chi connectivity index (χ2n) is 5.55. The van der Waals surface area contributed by atoms with E-state index in [1.165, 1.54) is 4.31 Å². The van der Waals surface area contributed by atoms with Crippen LogP contribution in [0.2, 0.25) is 5.02 Å². The van der Waals surface area contributed by atoms with E-state index in [9.17, 15) is 12.8 Å². The summed E-state index contributed by atoms with van der Waals surface area (Å²) in [5.74, 6) is -0.293. The van der Waals surface area contributed by atoms with Crippen LogP contribution in [0.1, 0.15) is 20.3 Å². The molecular formula is C13H17BrClFN2O2S. The molecule has 1 atom stereocenters. The van der Waals surface area contributed by atoms with Crippen molar-refractivity contribution in [3.63, 3.8) is 0 Å². The number of hydrogen-bond acceptors (Lipinski definition) is 3. The van der Waals surface area contributed by atoms with Crippen LogP contribution in [0.4, 0.5) is 10.1 Å². The van der Waals surface area contributed by atoms with Crippen molar-refractivity contribution >= 4 is 43.2 Å². The Morgan fingerprint density at radius 2 is 2.14 bits per heavy atom. The smallest absolute Gasteiger partial charge is 0.246 e. The van der Waals surface area contributed by atoms with Gasteiger partial charge >= 0.3 is 0 Å². The minimum atomic E-state index is -3.92. The van der Waals surface area contributed by atoms with E-state index in [1.807, 2.05) is 0 Å². The Morgan fingerprint density at radius 3 is 2.67 bits per heavy atom. The second-order valence-corrected chi connectivity index (χ2v) is 8.66. The van der Waals surface area contributed by atoms with Gasteiger partial charge in [0.1, 0.15) is 4.90 Å². The van der Waals surface area contributed by atoms with Gasteiger partial charge in [-0.15, -0.1) is 0 Å². The highest BCUT2D eigenvalue weighted by atomic mass is 79.9. The highest BCUT2D eigenvalue weighted by molar-refractivity contribution is 9.10. The maximum absolute atomic E-state index is 14.2. The van der Waals surface area contributed by atoms with Gasteiger partial charge in [-0.05, 0) is 40.3 Å². The Balaban J connectivity index is 2.42. The molecule has 0 spiro atoms. The molecule has 21 heavy (non-hydrogen) atoms. The molecule has 0 amide bonds. The summed E-state index contributed by atoms with van der Waals surface area (Å²) in [4.78, 5) is -0.461. The first-order chi connectivity index (χ1) is 9.66. The summed E-state index contributed by atoms with van der Waals surface area (Å²) >= 11 is 8.94. The SMILES string of the molecule is CC(C)C1CCN(S(=O)(=O)c2cc(Cl)c(Br)c(N)c2F)C1. The van der Waals surface area contributed by atoms with E-state index in [1.54, 1.807) is 0 Å². The minimum Gasteiger partial charge on any atom is -0.395 e. The topological polar surface area (TPSA) is 63.4 Å². The number of hydrogen-bond donors (Lipinski definition) is 1. The van der Waals surface area contributed by atoms with Gasteiger partial charge in [-0.1, -0.05) is 25.4 Å². The van der Waals surface area contributed by atoms with Crippen molar-refractivity contribution in [1.82, 2.24) is 4.31 Å². The number of halogens is 3. The van der Waals surface area contributed by atoms with E-state index in [2.05, 4.69) is 29.8 Å². The fourth-order valence-electron chi connectivity index (χ4n) is 2.44. The molecule has 1 aromatic carbocycles. The van der Waals surface area contributed by atoms with Gasteiger partial charge in [0.25, 0.3) is 0 Å².